The number of likely N-dealkylation sites (tertiary alicyclic amines) is 1. The quantitative estimate of drug-likeness (QED) is 0.917. The zero-order valence-electron chi connectivity index (χ0n) is 10.2. The maximum atomic E-state index is 13.2. The van der Waals surface area contributed by atoms with Crippen molar-refractivity contribution >= 4 is 28.3 Å². The number of halogens is 3. The highest BCUT2D eigenvalue weighted by molar-refractivity contribution is 9.10. The predicted molar refractivity (Wildman–Crippen MR) is 78.5 cm³/mol. The van der Waals surface area contributed by atoms with Crippen LogP contribution in [0.4, 0.5) is 4.39 Å². The summed E-state index contributed by atoms with van der Waals surface area (Å²) in [6.45, 7) is 2.53. The molecule has 1 aliphatic heterocycles. The van der Waals surface area contributed by atoms with Gasteiger partial charge in [0.1, 0.15) is 5.82 Å². The van der Waals surface area contributed by atoms with Crippen LogP contribution in [0.25, 0.3) is 0 Å². The van der Waals surface area contributed by atoms with Gasteiger partial charge in [0.05, 0.1) is 0 Å². The molecule has 1 aromatic carbocycles. The normalized spacial score (nSPS) is 20.5. The molecule has 0 aromatic heterocycles. The van der Waals surface area contributed by atoms with Crippen LogP contribution in [0.1, 0.15) is 24.8 Å². The average molecular weight is 338 g/mol. The molecule has 0 saturated carbocycles. The second-order valence-electron chi connectivity index (χ2n) is 4.59. The lowest BCUT2D eigenvalue weighted by molar-refractivity contribution is 0.144. The molecule has 5 heteroatoms. The molecule has 2 nitrogen and oxygen atoms in total. The van der Waals surface area contributed by atoms with Crippen molar-refractivity contribution in [1.29, 1.82) is 0 Å². The summed E-state index contributed by atoms with van der Waals surface area (Å²) in [6.07, 6.45) is 3.62. The second kappa shape index (κ2) is 7.43. The minimum atomic E-state index is -0.176. The van der Waals surface area contributed by atoms with Crippen molar-refractivity contribution in [2.75, 3.05) is 13.1 Å². The van der Waals surface area contributed by atoms with Crippen molar-refractivity contribution < 1.29 is 4.39 Å². The Morgan fingerprint density at radius 2 is 2.17 bits per heavy atom. The molecule has 1 aliphatic rings. The van der Waals surface area contributed by atoms with Crippen LogP contribution in [0.15, 0.2) is 22.7 Å². The van der Waals surface area contributed by atoms with Gasteiger partial charge in [0.25, 0.3) is 0 Å². The van der Waals surface area contributed by atoms with Gasteiger partial charge in [-0.3, -0.25) is 4.90 Å². The summed E-state index contributed by atoms with van der Waals surface area (Å²) >= 11 is 3.47. The molecular formula is C13H19BrClFN2. The number of rotatable bonds is 3. The standard InChI is InChI=1S/C13H18BrFN2.ClH/c14-13-5-4-11(15)7-10(13)9-17-6-2-1-3-12(17)8-16;/h4-5,7,12H,1-3,6,8-9,16H2;1H. The molecule has 2 rings (SSSR count). The Kier molecular flexibility index (Phi) is 6.57. The van der Waals surface area contributed by atoms with Crippen molar-refractivity contribution in [3.63, 3.8) is 0 Å². The molecule has 1 unspecified atom stereocenters. The van der Waals surface area contributed by atoms with E-state index < -0.39 is 0 Å². The number of piperidine rings is 1. The molecule has 18 heavy (non-hydrogen) atoms. The van der Waals surface area contributed by atoms with Crippen LogP contribution in [0.5, 0.6) is 0 Å². The molecule has 0 amide bonds. The molecule has 2 N–H and O–H groups in total. The number of hydrogen-bond donors (Lipinski definition) is 1. The third kappa shape index (κ3) is 3.92. The van der Waals surface area contributed by atoms with E-state index in [1.807, 2.05) is 0 Å². The minimum Gasteiger partial charge on any atom is -0.329 e. The molecule has 1 atom stereocenters. The summed E-state index contributed by atoms with van der Waals surface area (Å²) in [6, 6.07) is 5.29. The van der Waals surface area contributed by atoms with Crippen molar-refractivity contribution in [1.82, 2.24) is 4.90 Å². The molecule has 0 radical (unpaired) electrons. The highest BCUT2D eigenvalue weighted by atomic mass is 79.9. The van der Waals surface area contributed by atoms with Crippen molar-refractivity contribution in [2.24, 2.45) is 5.73 Å². The number of nitrogens with two attached hydrogens (primary N) is 1. The van der Waals surface area contributed by atoms with E-state index in [9.17, 15) is 4.39 Å². The minimum absolute atomic E-state index is 0. The van der Waals surface area contributed by atoms with Gasteiger partial charge in [-0.1, -0.05) is 22.4 Å². The molecule has 1 fully saturated rings. The van der Waals surface area contributed by atoms with E-state index in [0.717, 1.165) is 29.5 Å². The number of nitrogens with zero attached hydrogens (tertiary/aromatic N) is 1. The third-order valence-electron chi connectivity index (χ3n) is 3.40. The maximum Gasteiger partial charge on any atom is 0.123 e. The zero-order chi connectivity index (χ0) is 12.3. The molecule has 1 heterocycles. The van der Waals surface area contributed by atoms with Gasteiger partial charge in [-0.25, -0.2) is 4.39 Å². The van der Waals surface area contributed by atoms with Crippen LogP contribution < -0.4 is 5.73 Å². The monoisotopic (exact) mass is 336 g/mol. The van der Waals surface area contributed by atoms with Crippen LogP contribution in [0.3, 0.4) is 0 Å². The summed E-state index contributed by atoms with van der Waals surface area (Å²) in [7, 11) is 0. The molecule has 0 bridgehead atoms. The fourth-order valence-corrected chi connectivity index (χ4v) is 2.79. The first-order chi connectivity index (χ1) is 8.20. The van der Waals surface area contributed by atoms with E-state index in [2.05, 4.69) is 20.8 Å². The van der Waals surface area contributed by atoms with Gasteiger partial charge in [0, 0.05) is 23.6 Å². The van der Waals surface area contributed by atoms with Gasteiger partial charge in [-0.2, -0.15) is 0 Å². The highest BCUT2D eigenvalue weighted by Crippen LogP contribution is 2.23. The average Bonchev–Trinajstić information content (AvgIpc) is 2.34. The summed E-state index contributed by atoms with van der Waals surface area (Å²) in [4.78, 5) is 2.36. The smallest absolute Gasteiger partial charge is 0.123 e. The van der Waals surface area contributed by atoms with Crippen molar-refractivity contribution in [3.8, 4) is 0 Å². The van der Waals surface area contributed by atoms with Crippen LogP contribution in [0, 0.1) is 5.82 Å². The summed E-state index contributed by atoms with van der Waals surface area (Å²) < 4.78 is 14.2. The lowest BCUT2D eigenvalue weighted by Crippen LogP contribution is -2.43. The fraction of sp³-hybridized carbons (Fsp3) is 0.538. The van der Waals surface area contributed by atoms with E-state index >= 15 is 0 Å². The van der Waals surface area contributed by atoms with E-state index in [4.69, 9.17) is 5.73 Å². The summed E-state index contributed by atoms with van der Waals surface area (Å²) in [5, 5.41) is 0. The van der Waals surface area contributed by atoms with Crippen LogP contribution in [0.2, 0.25) is 0 Å². The fourth-order valence-electron chi connectivity index (χ4n) is 2.42. The van der Waals surface area contributed by atoms with E-state index in [1.165, 1.54) is 18.9 Å². The topological polar surface area (TPSA) is 29.3 Å². The zero-order valence-corrected chi connectivity index (χ0v) is 12.6. The summed E-state index contributed by atoms with van der Waals surface area (Å²) in [5.74, 6) is -0.176. The summed E-state index contributed by atoms with van der Waals surface area (Å²) in [5.41, 5.74) is 6.79. The molecule has 1 saturated heterocycles. The molecule has 0 spiro atoms. The molecule has 1 aromatic rings. The largest absolute Gasteiger partial charge is 0.329 e. The SMILES string of the molecule is Cl.NCC1CCCCN1Cc1cc(F)ccc1Br. The van der Waals surface area contributed by atoms with Crippen molar-refractivity contribution in [3.05, 3.63) is 34.1 Å². The second-order valence-corrected chi connectivity index (χ2v) is 5.45. The van der Waals surface area contributed by atoms with E-state index in [1.54, 1.807) is 12.1 Å². The molecule has 102 valence electrons. The Bertz CT molecular complexity index is 389. The van der Waals surface area contributed by atoms with Crippen LogP contribution >= 0.6 is 28.3 Å². The molecular weight excluding hydrogens is 319 g/mol. The van der Waals surface area contributed by atoms with Crippen molar-refractivity contribution in [2.45, 2.75) is 31.8 Å². The Labute approximate surface area is 122 Å². The van der Waals surface area contributed by atoms with E-state index in [0.29, 0.717) is 12.6 Å². The van der Waals surface area contributed by atoms with Gasteiger partial charge in [0.15, 0.2) is 0 Å². The van der Waals surface area contributed by atoms with Gasteiger partial charge < -0.3 is 5.73 Å². The Balaban J connectivity index is 0.00000162. The first kappa shape index (κ1) is 15.9. The van der Waals surface area contributed by atoms with Crippen LogP contribution in [-0.2, 0) is 6.54 Å². The van der Waals surface area contributed by atoms with Gasteiger partial charge in [-0.05, 0) is 43.1 Å². The lowest BCUT2D eigenvalue weighted by atomic mass is 10.0. The third-order valence-corrected chi connectivity index (χ3v) is 4.18. The van der Waals surface area contributed by atoms with Gasteiger partial charge in [-0.15, -0.1) is 12.4 Å². The first-order valence-electron chi connectivity index (χ1n) is 6.08. The highest BCUT2D eigenvalue weighted by Gasteiger charge is 2.21. The number of hydrogen-bond acceptors (Lipinski definition) is 2. The predicted octanol–water partition coefficient (Wildman–Crippen LogP) is 3.32. The first-order valence-corrected chi connectivity index (χ1v) is 6.88. The van der Waals surface area contributed by atoms with Crippen LogP contribution in [-0.4, -0.2) is 24.0 Å². The maximum absolute atomic E-state index is 13.2. The van der Waals surface area contributed by atoms with Gasteiger partial charge >= 0.3 is 0 Å². The van der Waals surface area contributed by atoms with Gasteiger partial charge in [0.2, 0.25) is 0 Å². The Hall–Kier alpha value is -0.160. The lowest BCUT2D eigenvalue weighted by Gasteiger charge is -2.35. The number of benzene rings is 1. The van der Waals surface area contributed by atoms with E-state index in [-0.39, 0.29) is 18.2 Å². The molecule has 0 aliphatic carbocycles. The Morgan fingerprint density at radius 1 is 1.39 bits per heavy atom. The Morgan fingerprint density at radius 3 is 2.89 bits per heavy atom.